The molecule has 94 valence electrons. The van der Waals surface area contributed by atoms with Gasteiger partial charge < -0.3 is 9.31 Å². The highest BCUT2D eigenvalue weighted by molar-refractivity contribution is 9.10. The molecule has 0 unspecified atom stereocenters. The van der Waals surface area contributed by atoms with Crippen LogP contribution in [0.25, 0.3) is 4.85 Å². The van der Waals surface area contributed by atoms with Gasteiger partial charge in [-0.15, -0.1) is 0 Å². The molecule has 0 amide bonds. The molecule has 0 saturated carbocycles. The zero-order valence-electron chi connectivity index (χ0n) is 11.0. The summed E-state index contributed by atoms with van der Waals surface area (Å²) < 4.78 is 12.8. The summed E-state index contributed by atoms with van der Waals surface area (Å²) in [5, 5.41) is 0. The van der Waals surface area contributed by atoms with Crippen LogP contribution < -0.4 is 5.46 Å². The number of hydrogen-bond acceptors (Lipinski definition) is 2. The molecular weight excluding hydrogens is 293 g/mol. The summed E-state index contributed by atoms with van der Waals surface area (Å²) in [6.07, 6.45) is 0. The van der Waals surface area contributed by atoms with Crippen LogP contribution in [-0.4, -0.2) is 18.3 Å². The number of halogens is 1. The van der Waals surface area contributed by atoms with Crippen molar-refractivity contribution in [2.24, 2.45) is 0 Å². The Morgan fingerprint density at radius 3 is 2.17 bits per heavy atom. The predicted octanol–water partition coefficient (Wildman–Crippen LogP) is 3.30. The minimum Gasteiger partial charge on any atom is -0.399 e. The van der Waals surface area contributed by atoms with Gasteiger partial charge in [-0.3, -0.25) is 0 Å². The van der Waals surface area contributed by atoms with Crippen LogP contribution in [0.5, 0.6) is 0 Å². The van der Waals surface area contributed by atoms with Gasteiger partial charge in [0.05, 0.1) is 17.8 Å². The van der Waals surface area contributed by atoms with E-state index >= 15 is 0 Å². The zero-order valence-corrected chi connectivity index (χ0v) is 12.5. The molecule has 3 nitrogen and oxygen atoms in total. The van der Waals surface area contributed by atoms with E-state index in [1.165, 1.54) is 0 Å². The summed E-state index contributed by atoms with van der Waals surface area (Å²) in [7, 11) is -0.423. The van der Waals surface area contributed by atoms with Gasteiger partial charge >= 0.3 is 7.12 Å². The zero-order chi connectivity index (χ0) is 13.6. The summed E-state index contributed by atoms with van der Waals surface area (Å²) in [5.41, 5.74) is 0.722. The van der Waals surface area contributed by atoms with Crippen molar-refractivity contribution in [2.45, 2.75) is 38.9 Å². The molecule has 1 aromatic rings. The maximum atomic E-state index is 7.09. The van der Waals surface area contributed by atoms with E-state index in [2.05, 4.69) is 20.8 Å². The molecule has 0 bridgehead atoms. The van der Waals surface area contributed by atoms with Crippen molar-refractivity contribution in [1.29, 1.82) is 0 Å². The highest BCUT2D eigenvalue weighted by atomic mass is 79.9. The Morgan fingerprint density at radius 2 is 1.67 bits per heavy atom. The molecule has 18 heavy (non-hydrogen) atoms. The van der Waals surface area contributed by atoms with Gasteiger partial charge in [0.25, 0.3) is 0 Å². The Balaban J connectivity index is 2.36. The lowest BCUT2D eigenvalue weighted by atomic mass is 9.79. The second kappa shape index (κ2) is 4.38. The van der Waals surface area contributed by atoms with Gasteiger partial charge in [-0.2, -0.15) is 0 Å². The second-order valence-electron chi connectivity index (χ2n) is 5.44. The van der Waals surface area contributed by atoms with Gasteiger partial charge in [-0.25, -0.2) is 4.85 Å². The molecule has 0 atom stereocenters. The van der Waals surface area contributed by atoms with E-state index in [-0.39, 0.29) is 11.2 Å². The fourth-order valence-electron chi connectivity index (χ4n) is 1.78. The molecule has 1 aromatic carbocycles. The summed E-state index contributed by atoms with van der Waals surface area (Å²) in [6.45, 7) is 15.1. The maximum absolute atomic E-state index is 7.09. The predicted molar refractivity (Wildman–Crippen MR) is 76.1 cm³/mol. The SMILES string of the molecule is [C-]#[N+]c1cc(Br)cc(B2OC(C)(C)C(C)(C)O2)c1. The van der Waals surface area contributed by atoms with Crippen LogP contribution in [0.3, 0.4) is 0 Å². The molecule has 1 fully saturated rings. The van der Waals surface area contributed by atoms with Crippen molar-refractivity contribution >= 4 is 34.2 Å². The van der Waals surface area contributed by atoms with E-state index in [1.807, 2.05) is 33.8 Å². The molecular formula is C13H15BBrNO2. The maximum Gasteiger partial charge on any atom is 0.493 e. The Hall–Kier alpha value is -0.825. The van der Waals surface area contributed by atoms with Gasteiger partial charge in [0.2, 0.25) is 0 Å². The molecule has 1 saturated heterocycles. The highest BCUT2D eigenvalue weighted by Gasteiger charge is 2.51. The normalized spacial score (nSPS) is 20.8. The Morgan fingerprint density at radius 1 is 1.11 bits per heavy atom. The lowest BCUT2D eigenvalue weighted by molar-refractivity contribution is 0.00578. The third-order valence-electron chi connectivity index (χ3n) is 3.56. The van der Waals surface area contributed by atoms with Crippen molar-refractivity contribution in [2.75, 3.05) is 0 Å². The van der Waals surface area contributed by atoms with Crippen LogP contribution >= 0.6 is 15.9 Å². The van der Waals surface area contributed by atoms with Crippen molar-refractivity contribution in [1.82, 2.24) is 0 Å². The van der Waals surface area contributed by atoms with Gasteiger partial charge in [-0.05, 0) is 39.2 Å². The average molecular weight is 308 g/mol. The first-order chi connectivity index (χ1) is 8.25. The topological polar surface area (TPSA) is 22.8 Å². The van der Waals surface area contributed by atoms with Crippen LogP contribution in [0.4, 0.5) is 5.69 Å². The molecule has 1 aliphatic rings. The molecule has 1 aliphatic heterocycles. The first-order valence-corrected chi connectivity index (χ1v) is 6.58. The number of nitrogens with zero attached hydrogens (tertiary/aromatic N) is 1. The monoisotopic (exact) mass is 307 g/mol. The largest absolute Gasteiger partial charge is 0.493 e. The molecule has 0 radical (unpaired) electrons. The molecule has 0 spiro atoms. The van der Waals surface area contributed by atoms with E-state index < -0.39 is 7.12 Å². The summed E-state index contributed by atoms with van der Waals surface area (Å²) in [5.74, 6) is 0. The molecule has 2 rings (SSSR count). The van der Waals surface area contributed by atoms with Crippen molar-refractivity contribution in [3.63, 3.8) is 0 Å². The van der Waals surface area contributed by atoms with Gasteiger partial charge in [0.1, 0.15) is 0 Å². The van der Waals surface area contributed by atoms with E-state index in [1.54, 1.807) is 12.1 Å². The van der Waals surface area contributed by atoms with E-state index in [9.17, 15) is 0 Å². The van der Waals surface area contributed by atoms with Crippen LogP contribution in [0.2, 0.25) is 0 Å². The Kier molecular flexibility index (Phi) is 3.31. The minimum atomic E-state index is -0.423. The number of benzene rings is 1. The lowest BCUT2D eigenvalue weighted by Crippen LogP contribution is -2.41. The molecule has 1 heterocycles. The van der Waals surface area contributed by atoms with Gasteiger partial charge in [0, 0.05) is 4.47 Å². The van der Waals surface area contributed by atoms with E-state index in [0.29, 0.717) is 5.69 Å². The minimum absolute atomic E-state index is 0.363. The van der Waals surface area contributed by atoms with Crippen molar-refractivity contribution in [3.05, 3.63) is 34.1 Å². The average Bonchev–Trinajstić information content (AvgIpc) is 2.47. The molecule has 0 aliphatic carbocycles. The van der Waals surface area contributed by atoms with Crippen LogP contribution in [0, 0.1) is 6.57 Å². The van der Waals surface area contributed by atoms with Gasteiger partial charge in [-0.1, -0.05) is 28.1 Å². The smallest absolute Gasteiger partial charge is 0.399 e. The first-order valence-electron chi connectivity index (χ1n) is 5.79. The summed E-state index contributed by atoms with van der Waals surface area (Å²) >= 11 is 3.40. The fourth-order valence-corrected chi connectivity index (χ4v) is 2.27. The third-order valence-corrected chi connectivity index (χ3v) is 4.02. The standard InChI is InChI=1S/C13H15BBrNO2/c1-12(2)13(3,4)18-14(17-12)9-6-10(15)8-11(7-9)16-5/h6-8H,1-4H3. The molecule has 0 N–H and O–H groups in total. The van der Waals surface area contributed by atoms with Gasteiger partial charge in [0.15, 0.2) is 5.69 Å². The first kappa shape index (κ1) is 13.6. The Labute approximate surface area is 117 Å². The summed E-state index contributed by atoms with van der Waals surface area (Å²) in [6, 6.07) is 5.51. The van der Waals surface area contributed by atoms with Crippen LogP contribution in [0.15, 0.2) is 22.7 Å². The fraction of sp³-hybridized carbons (Fsp3) is 0.462. The molecule has 0 aromatic heterocycles. The second-order valence-corrected chi connectivity index (χ2v) is 6.36. The summed E-state index contributed by atoms with van der Waals surface area (Å²) in [4.78, 5) is 3.45. The van der Waals surface area contributed by atoms with Crippen molar-refractivity contribution < 1.29 is 9.31 Å². The Bertz CT molecular complexity index is 506. The molecule has 5 heteroatoms. The van der Waals surface area contributed by atoms with Crippen LogP contribution in [-0.2, 0) is 9.31 Å². The van der Waals surface area contributed by atoms with E-state index in [0.717, 1.165) is 9.94 Å². The quantitative estimate of drug-likeness (QED) is 0.587. The highest BCUT2D eigenvalue weighted by Crippen LogP contribution is 2.36. The third kappa shape index (κ3) is 2.33. The lowest BCUT2D eigenvalue weighted by Gasteiger charge is -2.32. The number of hydrogen-bond donors (Lipinski definition) is 0. The van der Waals surface area contributed by atoms with E-state index in [4.69, 9.17) is 15.9 Å². The van der Waals surface area contributed by atoms with Crippen LogP contribution in [0.1, 0.15) is 27.7 Å². The van der Waals surface area contributed by atoms with Crippen molar-refractivity contribution in [3.8, 4) is 0 Å². The number of rotatable bonds is 1.